The SMILES string of the molecule is CCN(CC)c1ccc(C)cn1. The van der Waals surface area contributed by atoms with Crippen molar-refractivity contribution in [3.8, 4) is 0 Å². The highest BCUT2D eigenvalue weighted by Crippen LogP contribution is 2.09. The Morgan fingerprint density at radius 3 is 2.33 bits per heavy atom. The Hall–Kier alpha value is -1.05. The van der Waals surface area contributed by atoms with Crippen LogP contribution in [0, 0.1) is 6.92 Å². The molecule has 0 spiro atoms. The highest BCUT2D eigenvalue weighted by atomic mass is 15.2. The van der Waals surface area contributed by atoms with Gasteiger partial charge in [0.05, 0.1) is 0 Å². The van der Waals surface area contributed by atoms with E-state index in [0.29, 0.717) is 0 Å². The minimum absolute atomic E-state index is 1.02. The third kappa shape index (κ3) is 1.97. The number of aryl methyl sites for hydroxylation is 1. The van der Waals surface area contributed by atoms with Crippen LogP contribution in [0.1, 0.15) is 19.4 Å². The van der Waals surface area contributed by atoms with E-state index in [1.54, 1.807) is 0 Å². The first-order valence-electron chi connectivity index (χ1n) is 4.45. The molecule has 1 rings (SSSR count). The largest absolute Gasteiger partial charge is 0.357 e. The molecule has 2 nitrogen and oxygen atoms in total. The van der Waals surface area contributed by atoms with Gasteiger partial charge in [-0.25, -0.2) is 4.98 Å². The van der Waals surface area contributed by atoms with Gasteiger partial charge in [-0.15, -0.1) is 0 Å². The van der Waals surface area contributed by atoms with Gasteiger partial charge >= 0.3 is 0 Å². The van der Waals surface area contributed by atoms with Crippen LogP contribution >= 0.6 is 0 Å². The van der Waals surface area contributed by atoms with Gasteiger partial charge in [-0.2, -0.15) is 0 Å². The maximum Gasteiger partial charge on any atom is 0.128 e. The van der Waals surface area contributed by atoms with Crippen molar-refractivity contribution in [1.82, 2.24) is 4.98 Å². The summed E-state index contributed by atoms with van der Waals surface area (Å²) in [5, 5.41) is 0. The summed E-state index contributed by atoms with van der Waals surface area (Å²) >= 11 is 0. The lowest BCUT2D eigenvalue weighted by molar-refractivity contribution is 0.845. The first-order chi connectivity index (χ1) is 5.77. The van der Waals surface area contributed by atoms with Gasteiger partial charge in [0.15, 0.2) is 0 Å². The van der Waals surface area contributed by atoms with Crippen LogP contribution in [-0.4, -0.2) is 18.1 Å². The van der Waals surface area contributed by atoms with E-state index in [2.05, 4.69) is 42.8 Å². The summed E-state index contributed by atoms with van der Waals surface area (Å²) in [6.07, 6.45) is 1.91. The van der Waals surface area contributed by atoms with Crippen LogP contribution in [0.15, 0.2) is 18.3 Å². The second-order valence-electron chi connectivity index (χ2n) is 2.87. The number of hydrogen-bond donors (Lipinski definition) is 0. The van der Waals surface area contributed by atoms with Crippen molar-refractivity contribution in [2.24, 2.45) is 0 Å². The Bertz CT molecular complexity index is 224. The predicted molar refractivity (Wildman–Crippen MR) is 52.5 cm³/mol. The lowest BCUT2D eigenvalue weighted by atomic mass is 10.3. The number of nitrogens with zero attached hydrogens (tertiary/aromatic N) is 2. The van der Waals surface area contributed by atoms with Gasteiger partial charge in [0.1, 0.15) is 5.82 Å². The number of pyridine rings is 1. The fraction of sp³-hybridized carbons (Fsp3) is 0.500. The van der Waals surface area contributed by atoms with E-state index in [9.17, 15) is 0 Å². The summed E-state index contributed by atoms with van der Waals surface area (Å²) in [6, 6.07) is 4.17. The molecule has 0 aromatic carbocycles. The first kappa shape index (κ1) is 9.04. The summed E-state index contributed by atoms with van der Waals surface area (Å²) < 4.78 is 0. The van der Waals surface area contributed by atoms with Crippen molar-refractivity contribution < 1.29 is 0 Å². The quantitative estimate of drug-likeness (QED) is 0.681. The topological polar surface area (TPSA) is 16.1 Å². The van der Waals surface area contributed by atoms with Crippen molar-refractivity contribution in [2.45, 2.75) is 20.8 Å². The molecule has 0 saturated carbocycles. The maximum atomic E-state index is 4.35. The van der Waals surface area contributed by atoms with Gasteiger partial charge in [0.2, 0.25) is 0 Å². The van der Waals surface area contributed by atoms with Gasteiger partial charge in [0.25, 0.3) is 0 Å². The fourth-order valence-corrected chi connectivity index (χ4v) is 1.19. The number of hydrogen-bond acceptors (Lipinski definition) is 2. The second kappa shape index (κ2) is 4.10. The van der Waals surface area contributed by atoms with Gasteiger partial charge in [0, 0.05) is 19.3 Å². The van der Waals surface area contributed by atoms with E-state index in [0.717, 1.165) is 18.9 Å². The standard InChI is InChI=1S/C10H16N2/c1-4-12(5-2)10-7-6-9(3)8-11-10/h6-8H,4-5H2,1-3H3. The fourth-order valence-electron chi connectivity index (χ4n) is 1.19. The minimum atomic E-state index is 1.02. The van der Waals surface area contributed by atoms with Crippen LogP contribution < -0.4 is 4.90 Å². The predicted octanol–water partition coefficient (Wildman–Crippen LogP) is 2.24. The van der Waals surface area contributed by atoms with Crippen LogP contribution in [0.25, 0.3) is 0 Å². The number of rotatable bonds is 3. The molecule has 2 heteroatoms. The zero-order chi connectivity index (χ0) is 8.97. The van der Waals surface area contributed by atoms with Crippen LogP contribution in [0.5, 0.6) is 0 Å². The zero-order valence-electron chi connectivity index (χ0n) is 8.04. The first-order valence-corrected chi connectivity index (χ1v) is 4.45. The average Bonchev–Trinajstić information content (AvgIpc) is 2.10. The summed E-state index contributed by atoms with van der Waals surface area (Å²) in [7, 11) is 0. The summed E-state index contributed by atoms with van der Waals surface area (Å²) in [4.78, 5) is 6.58. The Morgan fingerprint density at radius 2 is 1.92 bits per heavy atom. The van der Waals surface area contributed by atoms with Gasteiger partial charge in [-0.1, -0.05) is 6.07 Å². The minimum Gasteiger partial charge on any atom is -0.357 e. The number of aromatic nitrogens is 1. The zero-order valence-corrected chi connectivity index (χ0v) is 8.04. The van der Waals surface area contributed by atoms with Crippen molar-refractivity contribution in [3.63, 3.8) is 0 Å². The molecule has 0 amide bonds. The van der Waals surface area contributed by atoms with Gasteiger partial charge < -0.3 is 4.90 Å². The van der Waals surface area contributed by atoms with Crippen molar-refractivity contribution in [1.29, 1.82) is 0 Å². The Kier molecular flexibility index (Phi) is 3.09. The monoisotopic (exact) mass is 164 g/mol. The molecule has 1 aromatic rings. The Balaban J connectivity index is 2.80. The molecule has 0 unspecified atom stereocenters. The van der Waals surface area contributed by atoms with Crippen LogP contribution in [0.4, 0.5) is 5.82 Å². The molecule has 0 saturated heterocycles. The highest BCUT2D eigenvalue weighted by Gasteiger charge is 2.00. The molecular weight excluding hydrogens is 148 g/mol. The summed E-state index contributed by atoms with van der Waals surface area (Å²) in [5.74, 6) is 1.07. The molecule has 0 aliphatic carbocycles. The molecule has 12 heavy (non-hydrogen) atoms. The van der Waals surface area contributed by atoms with Crippen LogP contribution in [-0.2, 0) is 0 Å². The Labute approximate surface area is 74.2 Å². The highest BCUT2D eigenvalue weighted by molar-refractivity contribution is 5.38. The molecule has 0 aliphatic heterocycles. The summed E-state index contributed by atoms with van der Waals surface area (Å²) in [5.41, 5.74) is 1.21. The van der Waals surface area contributed by atoms with E-state index < -0.39 is 0 Å². The maximum absolute atomic E-state index is 4.35. The molecular formula is C10H16N2. The van der Waals surface area contributed by atoms with Gasteiger partial charge in [-0.05, 0) is 32.4 Å². The molecule has 0 aliphatic rings. The van der Waals surface area contributed by atoms with Crippen molar-refractivity contribution in [2.75, 3.05) is 18.0 Å². The van der Waals surface area contributed by atoms with Crippen molar-refractivity contribution in [3.05, 3.63) is 23.9 Å². The van der Waals surface area contributed by atoms with E-state index in [4.69, 9.17) is 0 Å². The van der Waals surface area contributed by atoms with E-state index >= 15 is 0 Å². The molecule has 66 valence electrons. The van der Waals surface area contributed by atoms with E-state index in [-0.39, 0.29) is 0 Å². The third-order valence-electron chi connectivity index (χ3n) is 1.98. The summed E-state index contributed by atoms with van der Waals surface area (Å²) in [6.45, 7) is 8.38. The molecule has 0 radical (unpaired) electrons. The molecule has 1 heterocycles. The molecule has 0 bridgehead atoms. The second-order valence-corrected chi connectivity index (χ2v) is 2.87. The Morgan fingerprint density at radius 1 is 1.25 bits per heavy atom. The normalized spacial score (nSPS) is 9.92. The van der Waals surface area contributed by atoms with Crippen LogP contribution in [0.2, 0.25) is 0 Å². The van der Waals surface area contributed by atoms with E-state index in [1.165, 1.54) is 5.56 Å². The van der Waals surface area contributed by atoms with Gasteiger partial charge in [-0.3, -0.25) is 0 Å². The number of anilines is 1. The van der Waals surface area contributed by atoms with Crippen molar-refractivity contribution >= 4 is 5.82 Å². The van der Waals surface area contributed by atoms with E-state index in [1.807, 2.05) is 6.20 Å². The molecule has 0 fully saturated rings. The smallest absolute Gasteiger partial charge is 0.128 e. The molecule has 0 N–H and O–H groups in total. The molecule has 0 atom stereocenters. The molecule has 1 aromatic heterocycles. The third-order valence-corrected chi connectivity index (χ3v) is 1.98. The lowest BCUT2D eigenvalue weighted by Gasteiger charge is -2.19. The van der Waals surface area contributed by atoms with Crippen LogP contribution in [0.3, 0.4) is 0 Å². The lowest BCUT2D eigenvalue weighted by Crippen LogP contribution is -2.22. The average molecular weight is 164 g/mol.